The predicted octanol–water partition coefficient (Wildman–Crippen LogP) is 1.64. The number of aliphatic carboxylic acids is 1. The highest BCUT2D eigenvalue weighted by molar-refractivity contribution is 5.70. The number of nitrogens with one attached hydrogen (secondary N) is 1. The number of carbonyl (C=O) groups is 1. The van der Waals surface area contributed by atoms with Gasteiger partial charge in [0.15, 0.2) is 0 Å². The molecule has 0 aromatic carbocycles. The fourth-order valence-electron chi connectivity index (χ4n) is 2.48. The van der Waals surface area contributed by atoms with Crippen LogP contribution in [0.4, 0.5) is 0 Å². The van der Waals surface area contributed by atoms with E-state index in [0.717, 1.165) is 38.8 Å². The zero-order chi connectivity index (χ0) is 13.0. The Hall–Kier alpha value is -1.36. The number of aromatic nitrogens is 2. The number of rotatable bonds is 5. The van der Waals surface area contributed by atoms with E-state index in [4.69, 9.17) is 5.11 Å². The first-order chi connectivity index (χ1) is 8.69. The van der Waals surface area contributed by atoms with Crippen LogP contribution in [-0.2, 0) is 17.9 Å². The van der Waals surface area contributed by atoms with E-state index in [2.05, 4.69) is 23.5 Å². The number of carboxylic acids is 1. The second kappa shape index (κ2) is 6.00. The Morgan fingerprint density at radius 3 is 2.78 bits per heavy atom. The summed E-state index contributed by atoms with van der Waals surface area (Å²) >= 11 is 0. The van der Waals surface area contributed by atoms with E-state index in [1.807, 2.05) is 10.9 Å². The van der Waals surface area contributed by atoms with E-state index >= 15 is 0 Å². The minimum Gasteiger partial charge on any atom is -0.481 e. The largest absolute Gasteiger partial charge is 0.481 e. The fraction of sp³-hybridized carbons (Fsp3) is 0.692. The van der Waals surface area contributed by atoms with Crippen molar-refractivity contribution in [2.75, 3.05) is 0 Å². The summed E-state index contributed by atoms with van der Waals surface area (Å²) < 4.78 is 1.92. The first-order valence-electron chi connectivity index (χ1n) is 6.66. The first-order valence-corrected chi connectivity index (χ1v) is 6.66. The molecule has 0 atom stereocenters. The van der Waals surface area contributed by atoms with Crippen molar-refractivity contribution >= 4 is 5.97 Å². The lowest BCUT2D eigenvalue weighted by atomic mass is 9.86. The Morgan fingerprint density at radius 1 is 1.50 bits per heavy atom. The van der Waals surface area contributed by atoms with Gasteiger partial charge >= 0.3 is 5.97 Å². The van der Waals surface area contributed by atoms with Crippen LogP contribution in [0.2, 0.25) is 0 Å². The molecule has 1 aromatic heterocycles. The van der Waals surface area contributed by atoms with E-state index in [0.29, 0.717) is 6.04 Å². The van der Waals surface area contributed by atoms with E-state index < -0.39 is 5.97 Å². The summed E-state index contributed by atoms with van der Waals surface area (Å²) in [7, 11) is 0. The van der Waals surface area contributed by atoms with Crippen LogP contribution in [0.3, 0.4) is 0 Å². The second-order valence-electron chi connectivity index (χ2n) is 4.97. The third-order valence-corrected chi connectivity index (χ3v) is 3.68. The zero-order valence-corrected chi connectivity index (χ0v) is 10.8. The van der Waals surface area contributed by atoms with Crippen molar-refractivity contribution in [2.45, 2.75) is 51.7 Å². The average Bonchev–Trinajstić information content (AvgIpc) is 2.85. The summed E-state index contributed by atoms with van der Waals surface area (Å²) in [6.07, 6.45) is 7.44. The first kappa shape index (κ1) is 13.1. The maximum atomic E-state index is 10.8. The monoisotopic (exact) mass is 251 g/mol. The molecular weight excluding hydrogens is 230 g/mol. The molecule has 1 heterocycles. The van der Waals surface area contributed by atoms with Crippen LogP contribution in [0.25, 0.3) is 0 Å². The molecule has 1 aromatic rings. The highest BCUT2D eigenvalue weighted by Crippen LogP contribution is 2.24. The molecule has 2 rings (SSSR count). The summed E-state index contributed by atoms with van der Waals surface area (Å²) in [6, 6.07) is 0.450. The predicted molar refractivity (Wildman–Crippen MR) is 68.1 cm³/mol. The van der Waals surface area contributed by atoms with Crippen LogP contribution < -0.4 is 5.32 Å². The highest BCUT2D eigenvalue weighted by Gasteiger charge is 2.25. The summed E-state index contributed by atoms with van der Waals surface area (Å²) in [5.74, 6) is -0.774. The summed E-state index contributed by atoms with van der Waals surface area (Å²) in [4.78, 5) is 10.8. The average molecular weight is 251 g/mol. The van der Waals surface area contributed by atoms with Crippen LogP contribution in [0.5, 0.6) is 0 Å². The van der Waals surface area contributed by atoms with Gasteiger partial charge in [0.25, 0.3) is 0 Å². The quantitative estimate of drug-likeness (QED) is 0.834. The van der Waals surface area contributed by atoms with Crippen LogP contribution in [0, 0.1) is 5.92 Å². The molecule has 1 aliphatic carbocycles. The van der Waals surface area contributed by atoms with Crippen molar-refractivity contribution in [3.05, 3.63) is 18.0 Å². The Labute approximate surface area is 107 Å². The molecule has 1 fully saturated rings. The van der Waals surface area contributed by atoms with Crippen molar-refractivity contribution in [3.63, 3.8) is 0 Å². The van der Waals surface area contributed by atoms with Crippen LogP contribution in [-0.4, -0.2) is 26.9 Å². The van der Waals surface area contributed by atoms with Crippen molar-refractivity contribution in [1.29, 1.82) is 0 Å². The van der Waals surface area contributed by atoms with Gasteiger partial charge in [-0.15, -0.1) is 0 Å². The van der Waals surface area contributed by atoms with Crippen molar-refractivity contribution in [2.24, 2.45) is 5.92 Å². The van der Waals surface area contributed by atoms with E-state index in [9.17, 15) is 4.79 Å². The molecule has 0 spiro atoms. The fourth-order valence-corrected chi connectivity index (χ4v) is 2.48. The van der Waals surface area contributed by atoms with Gasteiger partial charge < -0.3 is 10.4 Å². The zero-order valence-electron chi connectivity index (χ0n) is 10.8. The molecule has 18 heavy (non-hydrogen) atoms. The molecule has 1 saturated carbocycles. The SMILES string of the molecule is CCn1cc(CNC2CCC(C(=O)O)CC2)cn1. The molecule has 0 amide bonds. The van der Waals surface area contributed by atoms with Crippen LogP contribution in [0.1, 0.15) is 38.2 Å². The van der Waals surface area contributed by atoms with E-state index in [1.54, 1.807) is 0 Å². The highest BCUT2D eigenvalue weighted by atomic mass is 16.4. The normalized spacial score (nSPS) is 24.1. The summed E-state index contributed by atoms with van der Waals surface area (Å²) in [5.41, 5.74) is 1.19. The summed E-state index contributed by atoms with van der Waals surface area (Å²) in [6.45, 7) is 3.78. The van der Waals surface area contributed by atoms with Crippen LogP contribution >= 0.6 is 0 Å². The van der Waals surface area contributed by atoms with E-state index in [1.165, 1.54) is 5.56 Å². The Bertz CT molecular complexity index is 395. The number of hydrogen-bond donors (Lipinski definition) is 2. The minimum absolute atomic E-state index is 0.133. The number of aryl methyl sites for hydroxylation is 1. The van der Waals surface area contributed by atoms with Crippen molar-refractivity contribution in [3.8, 4) is 0 Å². The Balaban J connectivity index is 1.73. The van der Waals surface area contributed by atoms with Gasteiger partial charge in [-0.3, -0.25) is 9.48 Å². The lowest BCUT2D eigenvalue weighted by Crippen LogP contribution is -2.34. The Kier molecular flexibility index (Phi) is 4.36. The lowest BCUT2D eigenvalue weighted by molar-refractivity contribution is -0.142. The molecule has 0 aliphatic heterocycles. The molecule has 5 heteroatoms. The van der Waals surface area contributed by atoms with Gasteiger partial charge in [0.2, 0.25) is 0 Å². The topological polar surface area (TPSA) is 67.2 Å². The van der Waals surface area contributed by atoms with Gasteiger partial charge in [0.1, 0.15) is 0 Å². The van der Waals surface area contributed by atoms with Gasteiger partial charge in [0, 0.05) is 30.9 Å². The molecule has 0 bridgehead atoms. The van der Waals surface area contributed by atoms with Crippen molar-refractivity contribution < 1.29 is 9.90 Å². The third kappa shape index (κ3) is 3.32. The number of hydrogen-bond acceptors (Lipinski definition) is 3. The molecular formula is C13H21N3O2. The third-order valence-electron chi connectivity index (χ3n) is 3.68. The smallest absolute Gasteiger partial charge is 0.306 e. The molecule has 0 saturated heterocycles. The maximum Gasteiger partial charge on any atom is 0.306 e. The number of carboxylic acid groups (broad SMARTS) is 1. The standard InChI is InChI=1S/C13H21N3O2/c1-2-16-9-10(8-15-16)7-14-12-5-3-11(4-6-12)13(17)18/h8-9,11-12,14H,2-7H2,1H3,(H,17,18). The molecule has 100 valence electrons. The van der Waals surface area contributed by atoms with Gasteiger partial charge in [-0.2, -0.15) is 5.10 Å². The second-order valence-corrected chi connectivity index (χ2v) is 4.97. The van der Waals surface area contributed by atoms with Gasteiger partial charge in [-0.05, 0) is 32.6 Å². The molecule has 5 nitrogen and oxygen atoms in total. The lowest BCUT2D eigenvalue weighted by Gasteiger charge is -2.26. The molecule has 1 aliphatic rings. The molecule has 2 N–H and O–H groups in total. The van der Waals surface area contributed by atoms with Crippen LogP contribution in [0.15, 0.2) is 12.4 Å². The maximum absolute atomic E-state index is 10.8. The summed E-state index contributed by atoms with van der Waals surface area (Å²) in [5, 5.41) is 16.7. The van der Waals surface area contributed by atoms with Gasteiger partial charge in [0.05, 0.1) is 12.1 Å². The number of nitrogens with zero attached hydrogens (tertiary/aromatic N) is 2. The minimum atomic E-state index is -0.641. The van der Waals surface area contributed by atoms with Gasteiger partial charge in [-0.1, -0.05) is 0 Å². The molecule has 0 unspecified atom stereocenters. The van der Waals surface area contributed by atoms with Crippen molar-refractivity contribution in [1.82, 2.24) is 15.1 Å². The Morgan fingerprint density at radius 2 is 2.22 bits per heavy atom. The van der Waals surface area contributed by atoms with Gasteiger partial charge in [-0.25, -0.2) is 0 Å². The van der Waals surface area contributed by atoms with E-state index in [-0.39, 0.29) is 5.92 Å². The molecule has 0 radical (unpaired) electrons.